The number of piperidine rings is 1. The Morgan fingerprint density at radius 2 is 1.85 bits per heavy atom. The molecule has 6 rings (SSSR count). The van der Waals surface area contributed by atoms with Gasteiger partial charge < -0.3 is 24.1 Å². The second kappa shape index (κ2) is 10.2. The Labute approximate surface area is 231 Å². The van der Waals surface area contributed by atoms with Crippen molar-refractivity contribution in [2.45, 2.75) is 44.8 Å². The minimum Gasteiger partial charge on any atom is -0.489 e. The second-order valence-electron chi connectivity index (χ2n) is 10.8. The van der Waals surface area contributed by atoms with Gasteiger partial charge >= 0.3 is 0 Å². The molecule has 1 atom stereocenters. The summed E-state index contributed by atoms with van der Waals surface area (Å²) in [4.78, 5) is 35.1. The second-order valence-corrected chi connectivity index (χ2v) is 11.1. The fourth-order valence-corrected chi connectivity index (χ4v) is 5.72. The van der Waals surface area contributed by atoms with Crippen LogP contribution in [-0.4, -0.2) is 63.5 Å². The zero-order valence-corrected chi connectivity index (χ0v) is 22.5. The third-order valence-corrected chi connectivity index (χ3v) is 8.13. The van der Waals surface area contributed by atoms with E-state index in [1.807, 2.05) is 17.0 Å². The van der Waals surface area contributed by atoms with Gasteiger partial charge in [-0.05, 0) is 56.9 Å². The Morgan fingerprint density at radius 3 is 2.62 bits per heavy atom. The van der Waals surface area contributed by atoms with Gasteiger partial charge in [-0.1, -0.05) is 23.7 Å². The molecule has 0 spiro atoms. The van der Waals surface area contributed by atoms with Crippen LogP contribution in [0.4, 0.5) is 0 Å². The van der Waals surface area contributed by atoms with Crippen molar-refractivity contribution in [3.05, 3.63) is 70.8 Å². The molecular formula is C30H30ClN3O5. The van der Waals surface area contributed by atoms with Crippen molar-refractivity contribution < 1.29 is 23.8 Å². The Kier molecular flexibility index (Phi) is 6.69. The van der Waals surface area contributed by atoms with Gasteiger partial charge in [-0.3, -0.25) is 9.59 Å². The molecule has 0 bridgehead atoms. The molecule has 2 aromatic carbocycles. The van der Waals surface area contributed by atoms with E-state index in [1.54, 1.807) is 48.6 Å². The Morgan fingerprint density at radius 1 is 1.03 bits per heavy atom. The molecule has 2 saturated heterocycles. The van der Waals surface area contributed by atoms with Crippen molar-refractivity contribution in [1.29, 1.82) is 0 Å². The first-order valence-electron chi connectivity index (χ1n) is 13.3. The lowest BCUT2D eigenvalue weighted by molar-refractivity contribution is 0.0569. The Bertz CT molecular complexity index is 1570. The van der Waals surface area contributed by atoms with E-state index in [0.717, 1.165) is 35.6 Å². The van der Waals surface area contributed by atoms with Crippen LogP contribution in [0.3, 0.4) is 0 Å². The number of fused-ring (bicyclic) bond motifs is 2. The monoisotopic (exact) mass is 547 g/mol. The van der Waals surface area contributed by atoms with E-state index >= 15 is 0 Å². The molecule has 2 aromatic heterocycles. The normalized spacial score (nSPS) is 19.7. The molecule has 4 heterocycles. The van der Waals surface area contributed by atoms with E-state index in [9.17, 15) is 14.7 Å². The van der Waals surface area contributed by atoms with Crippen LogP contribution in [0.1, 0.15) is 59.0 Å². The summed E-state index contributed by atoms with van der Waals surface area (Å²) < 4.78 is 11.4. The summed E-state index contributed by atoms with van der Waals surface area (Å²) >= 11 is 6.56. The van der Waals surface area contributed by atoms with Gasteiger partial charge in [-0.2, -0.15) is 0 Å². The van der Waals surface area contributed by atoms with Crippen molar-refractivity contribution in [2.24, 2.45) is 0 Å². The first kappa shape index (κ1) is 25.6. The largest absolute Gasteiger partial charge is 0.489 e. The molecule has 0 aliphatic carbocycles. The summed E-state index contributed by atoms with van der Waals surface area (Å²) in [7, 11) is 0. The summed E-state index contributed by atoms with van der Waals surface area (Å²) in [6.07, 6.45) is 6.78. The predicted molar refractivity (Wildman–Crippen MR) is 148 cm³/mol. The first-order valence-corrected chi connectivity index (χ1v) is 13.7. The summed E-state index contributed by atoms with van der Waals surface area (Å²) in [6.45, 7) is 4.02. The lowest BCUT2D eigenvalue weighted by atomic mass is 10.0. The summed E-state index contributed by atoms with van der Waals surface area (Å²) in [6, 6.07) is 10.8. The molecule has 0 saturated carbocycles. The quantitative estimate of drug-likeness (QED) is 0.357. The highest BCUT2D eigenvalue weighted by Crippen LogP contribution is 2.31. The molecule has 8 nitrogen and oxygen atoms in total. The average molecular weight is 548 g/mol. The summed E-state index contributed by atoms with van der Waals surface area (Å²) in [5, 5.41) is 13.3. The topological polar surface area (TPSA) is 96.1 Å². The standard InChI is InChI=1S/C30H30ClN3O5/c1-30(37)9-12-34(18-30)29(36)26-14-23(28(35)33-10-3-2-4-11-33)22-13-21(7-8-25(22)32-26)39-16-20-6-5-19-15-38-17-24(19)27(20)31/h5-8,13-15,17,37H,2-4,9-12,16,18H2,1H3. The number of carbonyl (C=O) groups excluding carboxylic acids is 2. The van der Waals surface area contributed by atoms with E-state index in [4.69, 9.17) is 20.8 Å². The number of ether oxygens (including phenoxy) is 1. The number of pyridine rings is 1. The molecule has 2 amide bonds. The average Bonchev–Trinajstić information content (AvgIpc) is 3.58. The van der Waals surface area contributed by atoms with E-state index in [-0.39, 0.29) is 30.7 Å². The van der Waals surface area contributed by atoms with Crippen LogP contribution in [-0.2, 0) is 6.61 Å². The van der Waals surface area contributed by atoms with Gasteiger partial charge in [-0.15, -0.1) is 0 Å². The van der Waals surface area contributed by atoms with Crippen LogP contribution >= 0.6 is 11.6 Å². The van der Waals surface area contributed by atoms with Gasteiger partial charge in [0.2, 0.25) is 0 Å². The number of rotatable bonds is 5. The molecule has 39 heavy (non-hydrogen) atoms. The molecule has 0 radical (unpaired) electrons. The summed E-state index contributed by atoms with van der Waals surface area (Å²) in [5.74, 6) is 0.164. The van der Waals surface area contributed by atoms with E-state index < -0.39 is 5.60 Å². The van der Waals surface area contributed by atoms with Crippen molar-refractivity contribution in [3.63, 3.8) is 0 Å². The maximum Gasteiger partial charge on any atom is 0.272 e. The van der Waals surface area contributed by atoms with Gasteiger partial charge in [0, 0.05) is 47.9 Å². The van der Waals surface area contributed by atoms with Gasteiger partial charge in [0.1, 0.15) is 18.1 Å². The molecule has 2 aliphatic heterocycles. The molecule has 4 aromatic rings. The van der Waals surface area contributed by atoms with Gasteiger partial charge in [0.25, 0.3) is 11.8 Å². The number of amides is 2. The van der Waals surface area contributed by atoms with Gasteiger partial charge in [0.05, 0.1) is 34.2 Å². The van der Waals surface area contributed by atoms with Crippen LogP contribution < -0.4 is 4.74 Å². The minimum atomic E-state index is -0.920. The zero-order chi connectivity index (χ0) is 27.1. The van der Waals surface area contributed by atoms with Crippen LogP contribution in [0, 0.1) is 0 Å². The molecule has 2 aliphatic rings. The Hall–Kier alpha value is -3.62. The number of aromatic nitrogens is 1. The molecule has 9 heteroatoms. The van der Waals surface area contributed by atoms with Crippen molar-refractivity contribution in [1.82, 2.24) is 14.8 Å². The summed E-state index contributed by atoms with van der Waals surface area (Å²) in [5.41, 5.74) is 1.07. The highest BCUT2D eigenvalue weighted by atomic mass is 35.5. The number of halogens is 1. The van der Waals surface area contributed by atoms with Crippen LogP contribution in [0.15, 0.2) is 53.3 Å². The molecule has 2 fully saturated rings. The number of aliphatic hydroxyl groups is 1. The number of hydrogen-bond donors (Lipinski definition) is 1. The third kappa shape index (κ3) is 5.06. The van der Waals surface area contributed by atoms with Crippen LogP contribution in [0.2, 0.25) is 5.02 Å². The highest BCUT2D eigenvalue weighted by molar-refractivity contribution is 6.36. The number of likely N-dealkylation sites (tertiary alicyclic amines) is 2. The van der Waals surface area contributed by atoms with E-state index in [1.165, 1.54) is 0 Å². The Balaban J connectivity index is 1.34. The van der Waals surface area contributed by atoms with Crippen LogP contribution in [0.25, 0.3) is 21.7 Å². The van der Waals surface area contributed by atoms with Crippen molar-refractivity contribution in [2.75, 3.05) is 26.2 Å². The predicted octanol–water partition coefficient (Wildman–Crippen LogP) is 5.44. The lowest BCUT2D eigenvalue weighted by Gasteiger charge is -2.27. The third-order valence-electron chi connectivity index (χ3n) is 7.68. The fraction of sp³-hybridized carbons (Fsp3) is 0.367. The maximum absolute atomic E-state index is 13.7. The smallest absolute Gasteiger partial charge is 0.272 e. The molecular weight excluding hydrogens is 518 g/mol. The highest BCUT2D eigenvalue weighted by Gasteiger charge is 2.35. The van der Waals surface area contributed by atoms with E-state index in [2.05, 4.69) is 4.98 Å². The maximum atomic E-state index is 13.7. The van der Waals surface area contributed by atoms with Crippen molar-refractivity contribution >= 4 is 45.1 Å². The lowest BCUT2D eigenvalue weighted by Crippen LogP contribution is -2.36. The number of hydrogen-bond acceptors (Lipinski definition) is 6. The fourth-order valence-electron chi connectivity index (χ4n) is 5.45. The molecule has 1 N–H and O–H groups in total. The SMILES string of the molecule is CC1(O)CCN(C(=O)c2cc(C(=O)N3CCCCC3)c3cc(OCc4ccc5cocc5c4Cl)ccc3n2)C1. The van der Waals surface area contributed by atoms with Crippen molar-refractivity contribution in [3.8, 4) is 5.75 Å². The van der Waals surface area contributed by atoms with E-state index in [0.29, 0.717) is 53.3 Å². The zero-order valence-electron chi connectivity index (χ0n) is 21.8. The number of furan rings is 1. The number of β-amino-alcohol motifs (C(OH)–C–C–N with tert-alkyl or cyclic N) is 1. The number of nitrogens with zero attached hydrogens (tertiary/aromatic N) is 3. The first-order chi connectivity index (χ1) is 18.8. The number of benzene rings is 2. The number of carbonyl (C=O) groups is 2. The van der Waals surface area contributed by atoms with Gasteiger partial charge in [0.15, 0.2) is 0 Å². The van der Waals surface area contributed by atoms with Crippen LogP contribution in [0.5, 0.6) is 5.75 Å². The van der Waals surface area contributed by atoms with Gasteiger partial charge in [-0.25, -0.2) is 4.98 Å². The minimum absolute atomic E-state index is 0.116. The molecule has 202 valence electrons. The molecule has 1 unspecified atom stereocenters.